The van der Waals surface area contributed by atoms with Gasteiger partial charge < -0.3 is 14.4 Å². The van der Waals surface area contributed by atoms with Gasteiger partial charge in [-0.2, -0.15) is 0 Å². The van der Waals surface area contributed by atoms with E-state index in [2.05, 4.69) is 23.6 Å². The fraction of sp³-hybridized carbons (Fsp3) is 0.231. The molecule has 1 heterocycles. The normalized spacial score (nSPS) is 11.0. The number of hydrogen-bond acceptors (Lipinski definition) is 3. The van der Waals surface area contributed by atoms with Crippen molar-refractivity contribution in [3.63, 3.8) is 0 Å². The number of benzene rings is 3. The summed E-state index contributed by atoms with van der Waals surface area (Å²) in [7, 11) is 1.67. The third-order valence-corrected chi connectivity index (χ3v) is 5.55. The van der Waals surface area contributed by atoms with E-state index in [0.717, 1.165) is 58.6 Å². The Balaban J connectivity index is 1.68. The number of carbonyl (C=O) groups is 1. The van der Waals surface area contributed by atoms with Crippen LogP contribution in [0.2, 0.25) is 0 Å². The van der Waals surface area contributed by atoms with Crippen molar-refractivity contribution in [1.82, 2.24) is 9.55 Å². The van der Waals surface area contributed by atoms with Gasteiger partial charge >= 0.3 is 5.97 Å². The highest BCUT2D eigenvalue weighted by molar-refractivity contribution is 5.96. The molecule has 1 aromatic heterocycles. The van der Waals surface area contributed by atoms with Crippen molar-refractivity contribution in [3.8, 4) is 16.9 Å². The Labute approximate surface area is 181 Å². The second kappa shape index (κ2) is 9.04. The number of unbranched alkanes of at least 4 members (excludes halogenated alkanes) is 1. The summed E-state index contributed by atoms with van der Waals surface area (Å²) in [6.07, 6.45) is 3.13. The molecule has 31 heavy (non-hydrogen) atoms. The zero-order chi connectivity index (χ0) is 21.8. The lowest BCUT2D eigenvalue weighted by atomic mass is 9.99. The molecule has 158 valence electrons. The van der Waals surface area contributed by atoms with E-state index in [1.807, 2.05) is 42.5 Å². The number of fused-ring (bicyclic) bond motifs is 1. The van der Waals surface area contributed by atoms with Gasteiger partial charge in [0.15, 0.2) is 0 Å². The first kappa shape index (κ1) is 20.7. The molecule has 3 aromatic carbocycles. The van der Waals surface area contributed by atoms with Crippen molar-refractivity contribution < 1.29 is 14.6 Å². The highest BCUT2D eigenvalue weighted by Crippen LogP contribution is 2.27. The van der Waals surface area contributed by atoms with Crippen LogP contribution < -0.4 is 4.74 Å². The number of ether oxygens (including phenoxy) is 1. The Bertz CT molecular complexity index is 1210. The number of imidazole rings is 1. The average Bonchev–Trinajstić information content (AvgIpc) is 3.14. The molecule has 0 bridgehead atoms. The van der Waals surface area contributed by atoms with E-state index in [1.54, 1.807) is 19.2 Å². The molecule has 4 aromatic rings. The summed E-state index contributed by atoms with van der Waals surface area (Å²) in [5.41, 5.74) is 5.10. The molecular formula is C26H26N2O3. The number of carboxylic acid groups (broad SMARTS) is 1. The van der Waals surface area contributed by atoms with Crippen LogP contribution in [0.5, 0.6) is 5.75 Å². The third-order valence-electron chi connectivity index (χ3n) is 5.55. The standard InChI is InChI=1S/C26H26N2O3/c1-3-4-9-25-27-23-15-14-20(31-2)16-24(23)28(25)17-18-10-12-19(13-11-18)21-7-5-6-8-22(21)26(29)30/h5-8,10-16H,3-4,9,17H2,1-2H3,(H,29,30). The Hall–Kier alpha value is -3.60. The number of aromatic carboxylic acids is 1. The summed E-state index contributed by atoms with van der Waals surface area (Å²) in [6.45, 7) is 2.88. The fourth-order valence-corrected chi connectivity index (χ4v) is 3.88. The number of hydrogen-bond donors (Lipinski definition) is 1. The van der Waals surface area contributed by atoms with Gasteiger partial charge in [0.05, 0.1) is 23.7 Å². The molecule has 0 radical (unpaired) electrons. The van der Waals surface area contributed by atoms with Crippen LogP contribution in [0.25, 0.3) is 22.2 Å². The van der Waals surface area contributed by atoms with E-state index >= 15 is 0 Å². The third kappa shape index (κ3) is 4.31. The maximum Gasteiger partial charge on any atom is 0.336 e. The molecule has 0 atom stereocenters. The van der Waals surface area contributed by atoms with Crippen LogP contribution in [0.3, 0.4) is 0 Å². The number of nitrogens with zero attached hydrogens (tertiary/aromatic N) is 2. The summed E-state index contributed by atoms with van der Waals surface area (Å²) in [5, 5.41) is 9.48. The summed E-state index contributed by atoms with van der Waals surface area (Å²) in [5.74, 6) is 0.973. The second-order valence-electron chi connectivity index (χ2n) is 7.62. The minimum atomic E-state index is -0.918. The van der Waals surface area contributed by atoms with Crippen LogP contribution in [-0.2, 0) is 13.0 Å². The van der Waals surface area contributed by atoms with Gasteiger partial charge in [0, 0.05) is 19.0 Å². The number of aromatic nitrogens is 2. The van der Waals surface area contributed by atoms with E-state index in [0.29, 0.717) is 12.1 Å². The molecule has 0 amide bonds. The first-order valence-corrected chi connectivity index (χ1v) is 10.6. The van der Waals surface area contributed by atoms with Gasteiger partial charge in [0.1, 0.15) is 11.6 Å². The number of aryl methyl sites for hydroxylation is 1. The van der Waals surface area contributed by atoms with Crippen molar-refractivity contribution in [2.75, 3.05) is 7.11 Å². The largest absolute Gasteiger partial charge is 0.497 e. The Morgan fingerprint density at radius 2 is 1.84 bits per heavy atom. The predicted molar refractivity (Wildman–Crippen MR) is 123 cm³/mol. The zero-order valence-electron chi connectivity index (χ0n) is 17.8. The van der Waals surface area contributed by atoms with E-state index in [4.69, 9.17) is 9.72 Å². The zero-order valence-corrected chi connectivity index (χ0v) is 17.8. The molecule has 0 aliphatic carbocycles. The quantitative estimate of drug-likeness (QED) is 0.396. The maximum absolute atomic E-state index is 11.6. The van der Waals surface area contributed by atoms with E-state index in [1.165, 1.54) is 0 Å². The minimum absolute atomic E-state index is 0.310. The highest BCUT2D eigenvalue weighted by atomic mass is 16.5. The van der Waals surface area contributed by atoms with Crippen molar-refractivity contribution in [1.29, 1.82) is 0 Å². The molecule has 0 fully saturated rings. The van der Waals surface area contributed by atoms with Crippen molar-refractivity contribution in [3.05, 3.63) is 83.7 Å². The number of carboxylic acids is 1. The summed E-state index contributed by atoms with van der Waals surface area (Å²) in [6, 6.07) is 21.2. The van der Waals surface area contributed by atoms with Crippen LogP contribution >= 0.6 is 0 Å². The first-order valence-electron chi connectivity index (χ1n) is 10.6. The molecule has 5 heteroatoms. The first-order chi connectivity index (χ1) is 15.1. The molecule has 0 saturated heterocycles. The molecule has 0 unspecified atom stereocenters. The lowest BCUT2D eigenvalue weighted by molar-refractivity contribution is 0.0697. The molecule has 0 aliphatic rings. The lowest BCUT2D eigenvalue weighted by Crippen LogP contribution is -2.05. The predicted octanol–water partition coefficient (Wildman–Crippen LogP) is 5.80. The van der Waals surface area contributed by atoms with Crippen LogP contribution in [0.4, 0.5) is 0 Å². The van der Waals surface area contributed by atoms with E-state index in [9.17, 15) is 9.90 Å². The molecular weight excluding hydrogens is 388 g/mol. The van der Waals surface area contributed by atoms with Gasteiger partial charge in [0.2, 0.25) is 0 Å². The van der Waals surface area contributed by atoms with Crippen molar-refractivity contribution in [2.24, 2.45) is 0 Å². The maximum atomic E-state index is 11.6. The van der Waals surface area contributed by atoms with Gasteiger partial charge in [-0.1, -0.05) is 55.8 Å². The summed E-state index contributed by atoms with van der Waals surface area (Å²) >= 11 is 0. The van der Waals surface area contributed by atoms with Crippen LogP contribution in [0.15, 0.2) is 66.7 Å². The Kier molecular flexibility index (Phi) is 6.03. The van der Waals surface area contributed by atoms with Gasteiger partial charge in [-0.25, -0.2) is 9.78 Å². The summed E-state index contributed by atoms with van der Waals surface area (Å²) in [4.78, 5) is 16.4. The number of methoxy groups -OCH3 is 1. The van der Waals surface area contributed by atoms with Crippen LogP contribution in [0, 0.1) is 0 Å². The monoisotopic (exact) mass is 414 g/mol. The molecule has 1 N–H and O–H groups in total. The molecule has 0 aliphatic heterocycles. The number of rotatable bonds is 8. The topological polar surface area (TPSA) is 64.4 Å². The minimum Gasteiger partial charge on any atom is -0.497 e. The molecule has 0 saturated carbocycles. The summed E-state index contributed by atoms with van der Waals surface area (Å²) < 4.78 is 7.68. The molecule has 5 nitrogen and oxygen atoms in total. The fourth-order valence-electron chi connectivity index (χ4n) is 3.88. The Morgan fingerprint density at radius 3 is 2.55 bits per heavy atom. The van der Waals surface area contributed by atoms with Crippen LogP contribution in [0.1, 0.15) is 41.5 Å². The van der Waals surface area contributed by atoms with Crippen LogP contribution in [-0.4, -0.2) is 27.7 Å². The lowest BCUT2D eigenvalue weighted by Gasteiger charge is -2.11. The van der Waals surface area contributed by atoms with Gasteiger partial charge in [-0.15, -0.1) is 0 Å². The molecule has 0 spiro atoms. The molecule has 4 rings (SSSR count). The van der Waals surface area contributed by atoms with Gasteiger partial charge in [-0.3, -0.25) is 0 Å². The van der Waals surface area contributed by atoms with Gasteiger partial charge in [0.25, 0.3) is 0 Å². The average molecular weight is 415 g/mol. The van der Waals surface area contributed by atoms with Crippen molar-refractivity contribution >= 4 is 17.0 Å². The highest BCUT2D eigenvalue weighted by Gasteiger charge is 2.13. The van der Waals surface area contributed by atoms with Gasteiger partial charge in [-0.05, 0) is 41.3 Å². The van der Waals surface area contributed by atoms with E-state index < -0.39 is 5.97 Å². The SMILES string of the molecule is CCCCc1nc2ccc(OC)cc2n1Cc1ccc(-c2ccccc2C(=O)O)cc1. The smallest absolute Gasteiger partial charge is 0.336 e. The van der Waals surface area contributed by atoms with E-state index in [-0.39, 0.29) is 0 Å². The Morgan fingerprint density at radius 1 is 1.06 bits per heavy atom. The van der Waals surface area contributed by atoms with Crippen molar-refractivity contribution in [2.45, 2.75) is 32.7 Å². The second-order valence-corrected chi connectivity index (χ2v) is 7.62.